The van der Waals surface area contributed by atoms with E-state index < -0.39 is 201 Å². The number of aliphatic carboxylic acids is 1. The van der Waals surface area contributed by atoms with Crippen LogP contribution in [-0.2, 0) is 57.1 Å². The number of benzene rings is 2. The maximum atomic E-state index is 14.5. The summed E-state index contributed by atoms with van der Waals surface area (Å²) >= 11 is 0. The largest absolute Gasteiger partial charge is 0.479 e. The zero-order valence-electron chi connectivity index (χ0n) is 51.0. The molecule has 2 saturated carbocycles. The van der Waals surface area contributed by atoms with Crippen LogP contribution in [0.25, 0.3) is 22.5 Å². The average molecular weight is 1320 g/mol. The smallest absolute Gasteiger partial charge is 0.332 e. The second kappa shape index (κ2) is 31.2. The summed E-state index contributed by atoms with van der Waals surface area (Å²) in [6.45, 7) is 3.26. The molecule has 4 aromatic rings. The van der Waals surface area contributed by atoms with Crippen LogP contribution < -0.4 is 21.3 Å². The van der Waals surface area contributed by atoms with Gasteiger partial charge in [0.15, 0.2) is 25.0 Å². The van der Waals surface area contributed by atoms with Gasteiger partial charge in [0.2, 0.25) is 23.6 Å². The van der Waals surface area contributed by atoms with Crippen LogP contribution in [0, 0.1) is 23.5 Å². The molecule has 0 bridgehead atoms. The second-order valence-corrected chi connectivity index (χ2v) is 24.0. The highest BCUT2D eigenvalue weighted by Gasteiger charge is 2.54. The van der Waals surface area contributed by atoms with Crippen molar-refractivity contribution >= 4 is 29.6 Å². The summed E-state index contributed by atoms with van der Waals surface area (Å²) in [5, 5.41) is 138. The molecule has 5 heterocycles. The highest BCUT2D eigenvalue weighted by molar-refractivity contribution is 5.80. The maximum Gasteiger partial charge on any atom is 0.332 e. The first-order valence-corrected chi connectivity index (χ1v) is 30.6. The Hall–Kier alpha value is -6.71. The van der Waals surface area contributed by atoms with Gasteiger partial charge < -0.3 is 105 Å². The number of amides is 4. The molecule has 5 fully saturated rings. The van der Waals surface area contributed by atoms with E-state index >= 15 is 0 Å². The van der Waals surface area contributed by atoms with Gasteiger partial charge in [-0.15, -0.1) is 10.2 Å². The van der Waals surface area contributed by atoms with E-state index in [0.717, 1.165) is 11.6 Å². The monoisotopic (exact) mass is 1320 g/mol. The molecule has 14 N–H and O–H groups in total. The molecule has 93 heavy (non-hydrogen) atoms. The molecular formula is C59H80F2N10O22. The van der Waals surface area contributed by atoms with Crippen molar-refractivity contribution in [1.29, 1.82) is 0 Å². The van der Waals surface area contributed by atoms with Crippen molar-refractivity contribution in [2.75, 3.05) is 26.3 Å². The predicted molar refractivity (Wildman–Crippen MR) is 309 cm³/mol. The zero-order chi connectivity index (χ0) is 67.1. The van der Waals surface area contributed by atoms with E-state index in [9.17, 15) is 83.8 Å². The summed E-state index contributed by atoms with van der Waals surface area (Å²) in [5.41, 5.74) is 1.05. The average Bonchev–Trinajstić information content (AvgIpc) is 1.72. The lowest BCUT2D eigenvalue weighted by Crippen LogP contribution is -2.68. The first-order valence-electron chi connectivity index (χ1n) is 30.6. The molecule has 512 valence electrons. The van der Waals surface area contributed by atoms with E-state index in [1.54, 1.807) is 19.1 Å². The molecule has 2 aromatic heterocycles. The SMILES string of the molecule is CCC[C@H](OC1C(NC(C)=O)[C@H](O[C@@H]2CC(C(=O)NCCNC(=O)C3CC(n4cc(-c5cccc(F)c5)nn4)C(O)[C@H](O[C@@H]4OC(CO)[C@H](O)C(n5cc(-c6cccc(F)c6)nn5)C4O)C3)CC(NC(C)=O)C2O[C@@H]2OC(C)[C@@H](O)C(O)C2O)OC(CO)[C@@H]1O)C(=O)O. The minimum absolute atomic E-state index is 0.0347. The van der Waals surface area contributed by atoms with E-state index in [0.29, 0.717) is 17.5 Å². The second-order valence-electron chi connectivity index (χ2n) is 24.0. The van der Waals surface area contributed by atoms with Crippen molar-refractivity contribution in [2.45, 2.75) is 201 Å². The summed E-state index contributed by atoms with van der Waals surface area (Å²) in [6, 6.07) is 5.73. The summed E-state index contributed by atoms with van der Waals surface area (Å²) in [4.78, 5) is 67.0. The standard InChI is InChI=1S/C59H80F2N10O22/c1-5-8-38(56(85)86)88-53-43(65-27(4)75)57(91-42(24-73)48(53)79)90-40-20-30(17-34(64-26(3)74)52(40)93-59-51(82)50(81)45(76)25(2)87-59)54(83)62-13-14-63-55(84)31-18-37(70-21-35(66-68-70)28-9-6-11-32(60)15-28)46(77)39(19-31)89-58-49(80)44(47(78)41(23-72)92-58)71-22-36(67-69-71)29-10-7-12-33(61)16-29/h6-7,9-12,15-16,21-22,25,30-31,34,37-53,57-59,72-73,76-82H,5,8,13-14,17-20,23-24H2,1-4H3,(H,62,83)(H,63,84)(H,64,74)(H,65,75)(H,85,86)/t25?,30?,31?,34?,37?,38-,39+,40+,41?,42?,43?,44?,45+,46?,47-,48-,49?,50?,51?,52?,53?,57+,58+,59-/m0/s1. The van der Waals surface area contributed by atoms with E-state index in [1.807, 2.05) is 0 Å². The topological polar surface area (TPSA) is 462 Å². The number of aliphatic hydroxyl groups excluding tert-OH is 9. The van der Waals surface area contributed by atoms with Gasteiger partial charge in [-0.3, -0.25) is 19.2 Å². The van der Waals surface area contributed by atoms with Gasteiger partial charge in [-0.05, 0) is 63.3 Å². The van der Waals surface area contributed by atoms with Gasteiger partial charge in [0.1, 0.15) is 102 Å². The number of aliphatic hydroxyl groups is 9. The zero-order valence-corrected chi connectivity index (χ0v) is 51.0. The third-order valence-corrected chi connectivity index (χ3v) is 17.3. The molecule has 2 aromatic carbocycles. The van der Waals surface area contributed by atoms with Gasteiger partial charge in [0, 0.05) is 49.9 Å². The van der Waals surface area contributed by atoms with Crippen LogP contribution in [0.5, 0.6) is 0 Å². The Balaban J connectivity index is 0.934. The molecule has 3 aliphatic heterocycles. The van der Waals surface area contributed by atoms with Crippen molar-refractivity contribution < 1.29 is 117 Å². The number of ether oxygens (including phenoxy) is 7. The Morgan fingerprint density at radius 3 is 1.76 bits per heavy atom. The normalized spacial score (nSPS) is 35.1. The predicted octanol–water partition coefficient (Wildman–Crippen LogP) is -3.17. The number of halogens is 2. The van der Waals surface area contributed by atoms with Crippen molar-refractivity contribution in [3.8, 4) is 22.5 Å². The molecule has 0 spiro atoms. The van der Waals surface area contributed by atoms with Gasteiger partial charge in [-0.1, -0.05) is 48.0 Å². The van der Waals surface area contributed by atoms with Crippen molar-refractivity contribution in [3.05, 3.63) is 72.6 Å². The fraction of sp³-hybridized carbons (Fsp3) is 0.644. The van der Waals surface area contributed by atoms with Gasteiger partial charge >= 0.3 is 5.97 Å². The molecule has 24 atom stereocenters. The van der Waals surface area contributed by atoms with E-state index in [2.05, 4.69) is 41.9 Å². The summed E-state index contributed by atoms with van der Waals surface area (Å²) < 4.78 is 73.8. The molecule has 5 aliphatic rings. The summed E-state index contributed by atoms with van der Waals surface area (Å²) in [7, 11) is 0. The minimum Gasteiger partial charge on any atom is -0.479 e. The maximum absolute atomic E-state index is 14.5. The first kappa shape index (κ1) is 70.6. The lowest BCUT2D eigenvalue weighted by Gasteiger charge is -2.49. The minimum atomic E-state index is -1.88. The van der Waals surface area contributed by atoms with Gasteiger partial charge in [0.25, 0.3) is 0 Å². The Morgan fingerprint density at radius 1 is 0.634 bits per heavy atom. The molecule has 0 radical (unpaired) electrons. The fourth-order valence-electron chi connectivity index (χ4n) is 12.6. The summed E-state index contributed by atoms with van der Waals surface area (Å²) in [5.74, 6) is -7.29. The van der Waals surface area contributed by atoms with Crippen LogP contribution in [0.15, 0.2) is 60.9 Å². The molecular weight excluding hydrogens is 1240 g/mol. The van der Waals surface area contributed by atoms with E-state index in [1.165, 1.54) is 67.3 Å². The van der Waals surface area contributed by atoms with Gasteiger partial charge in [-0.2, -0.15) is 0 Å². The fourth-order valence-corrected chi connectivity index (χ4v) is 12.6. The van der Waals surface area contributed by atoms with Crippen LogP contribution in [-0.4, -0.2) is 259 Å². The highest BCUT2D eigenvalue weighted by Crippen LogP contribution is 2.40. The molecule has 3 saturated heterocycles. The lowest BCUT2D eigenvalue weighted by atomic mass is 9.80. The van der Waals surface area contributed by atoms with Crippen LogP contribution >= 0.6 is 0 Å². The number of rotatable bonds is 24. The van der Waals surface area contributed by atoms with Crippen LogP contribution in [0.2, 0.25) is 0 Å². The number of aromatic nitrogens is 6. The number of hydrogen-bond donors (Lipinski definition) is 14. The number of nitrogens with zero attached hydrogens (tertiary/aromatic N) is 6. The Labute approximate surface area is 530 Å². The van der Waals surface area contributed by atoms with E-state index in [4.69, 9.17) is 33.2 Å². The molecule has 9 rings (SSSR count). The molecule has 32 nitrogen and oxygen atoms in total. The first-order chi connectivity index (χ1) is 44.4. The third kappa shape index (κ3) is 16.5. The molecule has 2 aliphatic carbocycles. The molecule has 4 amide bonds. The van der Waals surface area contributed by atoms with Crippen LogP contribution in [0.4, 0.5) is 8.78 Å². The van der Waals surface area contributed by atoms with Crippen molar-refractivity contribution in [2.24, 2.45) is 11.8 Å². The number of carboxylic acids is 1. The number of nitrogens with one attached hydrogen (secondary N) is 4. The summed E-state index contributed by atoms with van der Waals surface area (Å²) in [6.07, 6.45) is -26.3. The highest BCUT2D eigenvalue weighted by atomic mass is 19.1. The van der Waals surface area contributed by atoms with E-state index in [-0.39, 0.29) is 56.6 Å². The lowest BCUT2D eigenvalue weighted by molar-refractivity contribution is -0.335. The molecule has 34 heteroatoms. The number of carbonyl (C=O) groups is 5. The van der Waals surface area contributed by atoms with Gasteiger partial charge in [0.05, 0.1) is 56.0 Å². The number of hydrogen-bond acceptors (Lipinski definition) is 25. The Bertz CT molecular complexity index is 3190. The van der Waals surface area contributed by atoms with Gasteiger partial charge in [-0.25, -0.2) is 22.9 Å². The van der Waals surface area contributed by atoms with Crippen LogP contribution in [0.1, 0.15) is 78.3 Å². The van der Waals surface area contributed by atoms with Crippen LogP contribution in [0.3, 0.4) is 0 Å². The number of carboxylic acid groups (broad SMARTS) is 1. The Kier molecular flexibility index (Phi) is 23.7. The quantitative estimate of drug-likeness (QED) is 0.0308. The third-order valence-electron chi connectivity index (χ3n) is 17.3. The number of carbonyl (C=O) groups excluding carboxylic acids is 4. The molecule has 15 unspecified atom stereocenters. The Morgan fingerprint density at radius 2 is 1.18 bits per heavy atom. The van der Waals surface area contributed by atoms with Crippen molar-refractivity contribution in [3.63, 3.8) is 0 Å². The van der Waals surface area contributed by atoms with Crippen molar-refractivity contribution in [1.82, 2.24) is 51.3 Å².